The number of rotatable bonds is 3. The molecule has 1 rings (SSSR count). The third-order valence-corrected chi connectivity index (χ3v) is 1.99. The maximum Gasteiger partial charge on any atom is 0.341 e. The van der Waals surface area contributed by atoms with E-state index in [1.165, 1.54) is 6.92 Å². The molecule has 0 amide bonds. The molecular weight excluding hydrogens is 241 g/mol. The molecule has 0 aliphatic heterocycles. The Bertz CT molecular complexity index is 449. The number of hydrogen-bond acceptors (Lipinski definition) is 4. The molecule has 0 N–H and O–H groups in total. The van der Waals surface area contributed by atoms with Crippen molar-refractivity contribution in [1.82, 2.24) is 0 Å². The predicted octanol–water partition coefficient (Wildman–Crippen LogP) is 2.56. The molecule has 0 fully saturated rings. The van der Waals surface area contributed by atoms with Gasteiger partial charge in [-0.2, -0.15) is 0 Å². The first-order valence-electron chi connectivity index (χ1n) is 4.28. The van der Waals surface area contributed by atoms with Crippen molar-refractivity contribution < 1.29 is 18.8 Å². The van der Waals surface area contributed by atoms with E-state index in [1.54, 1.807) is 0 Å². The van der Waals surface area contributed by atoms with Gasteiger partial charge in [0.05, 0.1) is 16.6 Å². The lowest BCUT2D eigenvalue weighted by Crippen LogP contribution is -2.08. The number of carbonyl (C=O) groups excluding carboxylic acids is 1. The van der Waals surface area contributed by atoms with Crippen molar-refractivity contribution in [2.75, 3.05) is 6.61 Å². The molecule has 0 bridgehead atoms. The van der Waals surface area contributed by atoms with Crippen molar-refractivity contribution in [3.8, 4) is 0 Å². The van der Waals surface area contributed by atoms with Gasteiger partial charge >= 0.3 is 5.97 Å². The number of esters is 1. The Morgan fingerprint density at radius 3 is 2.75 bits per heavy atom. The average Bonchev–Trinajstić information content (AvgIpc) is 2.21. The molecule has 0 atom stereocenters. The summed E-state index contributed by atoms with van der Waals surface area (Å²) in [6.45, 7) is 1.58. The summed E-state index contributed by atoms with van der Waals surface area (Å²) in [6.07, 6.45) is 0. The first-order chi connectivity index (χ1) is 7.47. The fraction of sp³-hybridized carbons (Fsp3) is 0.222. The van der Waals surface area contributed by atoms with E-state index >= 15 is 0 Å². The molecule has 0 saturated heterocycles. The maximum absolute atomic E-state index is 13.4. The zero-order valence-corrected chi connectivity index (χ0v) is 8.95. The van der Waals surface area contributed by atoms with E-state index in [2.05, 4.69) is 4.74 Å². The Kier molecular flexibility index (Phi) is 3.78. The number of non-ortho nitro benzene ring substituents is 1. The van der Waals surface area contributed by atoms with Gasteiger partial charge in [-0.15, -0.1) is 0 Å². The zero-order chi connectivity index (χ0) is 12.3. The molecule has 0 aliphatic rings. The van der Waals surface area contributed by atoms with E-state index in [9.17, 15) is 19.3 Å². The van der Waals surface area contributed by atoms with Crippen molar-refractivity contribution in [2.45, 2.75) is 6.92 Å². The smallest absolute Gasteiger partial charge is 0.341 e. The highest BCUT2D eigenvalue weighted by Crippen LogP contribution is 2.25. The molecule has 7 heteroatoms. The van der Waals surface area contributed by atoms with Crippen LogP contribution in [-0.2, 0) is 4.74 Å². The molecule has 0 radical (unpaired) electrons. The molecule has 0 unspecified atom stereocenters. The van der Waals surface area contributed by atoms with Gasteiger partial charge in [-0.3, -0.25) is 10.1 Å². The number of hydrogen-bond donors (Lipinski definition) is 0. The SMILES string of the molecule is CCOC(=O)c1cc([N+](=O)[O-])cc(Cl)c1F. The van der Waals surface area contributed by atoms with Crippen molar-refractivity contribution in [1.29, 1.82) is 0 Å². The Morgan fingerprint density at radius 2 is 2.25 bits per heavy atom. The van der Waals surface area contributed by atoms with Gasteiger partial charge in [-0.25, -0.2) is 9.18 Å². The van der Waals surface area contributed by atoms with Gasteiger partial charge in [0.2, 0.25) is 0 Å². The van der Waals surface area contributed by atoms with Crippen molar-refractivity contribution in [2.24, 2.45) is 0 Å². The third-order valence-electron chi connectivity index (χ3n) is 1.72. The summed E-state index contributed by atoms with van der Waals surface area (Å²) in [6, 6.07) is 1.62. The largest absolute Gasteiger partial charge is 0.462 e. The van der Waals surface area contributed by atoms with Crippen LogP contribution >= 0.6 is 11.6 Å². The number of nitro groups is 1. The summed E-state index contributed by atoms with van der Waals surface area (Å²) >= 11 is 5.42. The maximum atomic E-state index is 13.4. The first-order valence-corrected chi connectivity index (χ1v) is 4.65. The highest BCUT2D eigenvalue weighted by atomic mass is 35.5. The highest BCUT2D eigenvalue weighted by molar-refractivity contribution is 6.31. The van der Waals surface area contributed by atoms with E-state index in [-0.39, 0.29) is 6.61 Å². The monoisotopic (exact) mass is 247 g/mol. The van der Waals surface area contributed by atoms with E-state index < -0.39 is 33.0 Å². The van der Waals surface area contributed by atoms with E-state index in [0.29, 0.717) is 0 Å². The minimum atomic E-state index is -1.02. The van der Waals surface area contributed by atoms with Gasteiger partial charge in [0.25, 0.3) is 5.69 Å². The van der Waals surface area contributed by atoms with Gasteiger partial charge < -0.3 is 4.74 Å². The Morgan fingerprint density at radius 1 is 1.62 bits per heavy atom. The van der Waals surface area contributed by atoms with Gasteiger partial charge in [-0.1, -0.05) is 11.6 Å². The van der Waals surface area contributed by atoms with Crippen LogP contribution in [0.5, 0.6) is 0 Å². The summed E-state index contributed by atoms with van der Waals surface area (Å²) in [5, 5.41) is 9.98. The summed E-state index contributed by atoms with van der Waals surface area (Å²) in [5.74, 6) is -2.00. The van der Waals surface area contributed by atoms with E-state index in [0.717, 1.165) is 12.1 Å². The predicted molar refractivity (Wildman–Crippen MR) is 54.0 cm³/mol. The second kappa shape index (κ2) is 4.89. The van der Waals surface area contributed by atoms with E-state index in [1.807, 2.05) is 0 Å². The van der Waals surface area contributed by atoms with Gasteiger partial charge in [-0.05, 0) is 6.92 Å². The number of nitro benzene ring substituents is 1. The molecule has 0 spiro atoms. The van der Waals surface area contributed by atoms with Crippen molar-refractivity contribution >= 4 is 23.3 Å². The summed E-state index contributed by atoms with van der Waals surface area (Å²) in [5.41, 5.74) is -1.00. The first kappa shape index (κ1) is 12.4. The van der Waals surface area contributed by atoms with Gasteiger partial charge in [0.15, 0.2) is 5.82 Å². The van der Waals surface area contributed by atoms with Crippen LogP contribution in [0.2, 0.25) is 5.02 Å². The molecule has 16 heavy (non-hydrogen) atoms. The minimum absolute atomic E-state index is 0.0403. The number of carbonyl (C=O) groups is 1. The third kappa shape index (κ3) is 2.46. The Balaban J connectivity index is 3.26. The van der Waals surface area contributed by atoms with Crippen molar-refractivity contribution in [3.05, 3.63) is 38.7 Å². The molecule has 0 aromatic heterocycles. The van der Waals surface area contributed by atoms with Crippen molar-refractivity contribution in [3.63, 3.8) is 0 Å². The highest BCUT2D eigenvalue weighted by Gasteiger charge is 2.21. The van der Waals surface area contributed by atoms with Crippen LogP contribution in [0, 0.1) is 15.9 Å². The molecule has 86 valence electrons. The minimum Gasteiger partial charge on any atom is -0.462 e. The standard InChI is InChI=1S/C9H7ClFNO4/c1-2-16-9(13)6-3-5(12(14)15)4-7(10)8(6)11/h3-4H,2H2,1H3. The molecule has 1 aromatic carbocycles. The van der Waals surface area contributed by atoms with Gasteiger partial charge in [0, 0.05) is 12.1 Å². The van der Waals surface area contributed by atoms with Crippen LogP contribution in [-0.4, -0.2) is 17.5 Å². The topological polar surface area (TPSA) is 69.4 Å². The lowest BCUT2D eigenvalue weighted by molar-refractivity contribution is -0.384. The fourth-order valence-electron chi connectivity index (χ4n) is 1.04. The number of ether oxygens (including phenoxy) is 1. The lowest BCUT2D eigenvalue weighted by atomic mass is 10.2. The fourth-order valence-corrected chi connectivity index (χ4v) is 1.25. The molecule has 5 nitrogen and oxygen atoms in total. The quantitative estimate of drug-likeness (QED) is 0.468. The molecule has 0 heterocycles. The number of nitrogens with zero attached hydrogens (tertiary/aromatic N) is 1. The number of halogens is 2. The Labute approximate surface area is 94.9 Å². The van der Waals surface area contributed by atoms with Crippen LogP contribution in [0.3, 0.4) is 0 Å². The number of benzene rings is 1. The van der Waals surface area contributed by atoms with Crippen LogP contribution < -0.4 is 0 Å². The van der Waals surface area contributed by atoms with E-state index in [4.69, 9.17) is 11.6 Å². The molecule has 0 aliphatic carbocycles. The zero-order valence-electron chi connectivity index (χ0n) is 8.20. The molecular formula is C9H7ClFNO4. The molecule has 1 aromatic rings. The van der Waals surface area contributed by atoms with Crippen LogP contribution in [0.25, 0.3) is 0 Å². The van der Waals surface area contributed by atoms with Gasteiger partial charge in [0.1, 0.15) is 5.56 Å². The summed E-state index contributed by atoms with van der Waals surface area (Å²) < 4.78 is 17.9. The average molecular weight is 248 g/mol. The second-order valence-corrected chi connectivity index (χ2v) is 3.17. The van der Waals surface area contributed by atoms with Crippen LogP contribution in [0.4, 0.5) is 10.1 Å². The summed E-state index contributed by atoms with van der Waals surface area (Å²) in [7, 11) is 0. The summed E-state index contributed by atoms with van der Waals surface area (Å²) in [4.78, 5) is 20.9. The normalized spacial score (nSPS) is 9.94. The van der Waals surface area contributed by atoms with Crippen LogP contribution in [0.15, 0.2) is 12.1 Å². The second-order valence-electron chi connectivity index (χ2n) is 2.77. The van der Waals surface area contributed by atoms with Crippen LogP contribution in [0.1, 0.15) is 17.3 Å². The Hall–Kier alpha value is -1.69. The molecule has 0 saturated carbocycles. The lowest BCUT2D eigenvalue weighted by Gasteiger charge is -2.04.